The zero-order chi connectivity index (χ0) is 22.3. The molecule has 0 saturated carbocycles. The summed E-state index contributed by atoms with van der Waals surface area (Å²) < 4.78 is 21.9. The first kappa shape index (κ1) is 24.6. The molecule has 1 heterocycles. The number of aliphatic hydroxyl groups excluding tert-OH is 1. The lowest BCUT2D eigenvalue weighted by Gasteiger charge is -2.45. The minimum Gasteiger partial charge on any atom is -0.491 e. The largest absolute Gasteiger partial charge is 0.491 e. The van der Waals surface area contributed by atoms with Gasteiger partial charge in [-0.15, -0.1) is 0 Å². The molecule has 4 atom stereocenters. The fourth-order valence-electron chi connectivity index (χ4n) is 3.96. The summed E-state index contributed by atoms with van der Waals surface area (Å²) in [6.07, 6.45) is -0.388. The summed E-state index contributed by atoms with van der Waals surface area (Å²) in [6, 6.07) is 7.59. The van der Waals surface area contributed by atoms with Crippen LogP contribution in [0.1, 0.15) is 52.5 Å². The Labute approximate surface area is 180 Å². The van der Waals surface area contributed by atoms with Crippen LogP contribution in [0.3, 0.4) is 0 Å². The average molecular weight is 424 g/mol. The minimum atomic E-state index is -1.08. The van der Waals surface area contributed by atoms with Crippen molar-refractivity contribution in [3.8, 4) is 5.75 Å². The second-order valence-corrected chi connectivity index (χ2v) is 8.62. The second-order valence-electron chi connectivity index (χ2n) is 8.62. The molecule has 1 N–H and O–H groups in total. The van der Waals surface area contributed by atoms with Gasteiger partial charge in [0.05, 0.1) is 24.7 Å². The number of nitrogens with zero attached hydrogens (tertiary/aromatic N) is 1. The summed E-state index contributed by atoms with van der Waals surface area (Å²) in [5.41, 5.74) is 0.532. The lowest BCUT2D eigenvalue weighted by atomic mass is 9.76. The van der Waals surface area contributed by atoms with Crippen molar-refractivity contribution in [2.75, 3.05) is 33.5 Å². The highest BCUT2D eigenvalue weighted by molar-refractivity contribution is 5.75. The molecule has 30 heavy (non-hydrogen) atoms. The Kier molecular flexibility index (Phi) is 9.09. The van der Waals surface area contributed by atoms with Crippen LogP contribution in [0.2, 0.25) is 0 Å². The van der Waals surface area contributed by atoms with Crippen LogP contribution in [0, 0.1) is 5.92 Å². The molecule has 0 aliphatic carbocycles. The van der Waals surface area contributed by atoms with Crippen molar-refractivity contribution in [1.29, 1.82) is 0 Å². The van der Waals surface area contributed by atoms with E-state index in [1.807, 2.05) is 56.9 Å². The summed E-state index contributed by atoms with van der Waals surface area (Å²) in [4.78, 5) is 14.8. The van der Waals surface area contributed by atoms with Gasteiger partial charge >= 0.3 is 5.97 Å². The molecule has 1 fully saturated rings. The molecule has 0 spiro atoms. The fourth-order valence-corrected chi connectivity index (χ4v) is 3.96. The number of hydrogen-bond donors (Lipinski definition) is 1. The average Bonchev–Trinajstić information content (AvgIpc) is 2.66. The predicted molar refractivity (Wildman–Crippen MR) is 114 cm³/mol. The monoisotopic (exact) mass is 423 g/mol. The Bertz CT molecular complexity index is 674. The number of carbonyl (C=O) groups excluding carboxylic acids is 1. The van der Waals surface area contributed by atoms with E-state index in [4.69, 9.17) is 18.9 Å². The highest BCUT2D eigenvalue weighted by Gasteiger charge is 2.44. The summed E-state index contributed by atoms with van der Waals surface area (Å²) in [6.45, 7) is 11.3. The number of rotatable bonds is 9. The number of hydrogen-bond acceptors (Lipinski definition) is 7. The molecular formula is C23H37NO6. The first-order chi connectivity index (χ1) is 14.2. The van der Waals surface area contributed by atoms with Crippen molar-refractivity contribution in [3.05, 3.63) is 29.8 Å². The molecule has 170 valence electrons. The van der Waals surface area contributed by atoms with E-state index in [1.165, 1.54) is 0 Å². The van der Waals surface area contributed by atoms with E-state index in [9.17, 15) is 9.90 Å². The van der Waals surface area contributed by atoms with E-state index in [2.05, 4.69) is 0 Å². The third-order valence-corrected chi connectivity index (χ3v) is 5.32. The van der Waals surface area contributed by atoms with Crippen LogP contribution < -0.4 is 4.74 Å². The van der Waals surface area contributed by atoms with Crippen LogP contribution in [-0.4, -0.2) is 67.5 Å². The first-order valence-electron chi connectivity index (χ1n) is 10.7. The van der Waals surface area contributed by atoms with Gasteiger partial charge in [0.25, 0.3) is 0 Å². The van der Waals surface area contributed by atoms with Crippen LogP contribution >= 0.6 is 0 Å². The number of methoxy groups -OCH3 is 1. The van der Waals surface area contributed by atoms with Crippen molar-refractivity contribution in [2.24, 2.45) is 5.92 Å². The van der Waals surface area contributed by atoms with Gasteiger partial charge < -0.3 is 24.1 Å². The zero-order valence-electron chi connectivity index (χ0n) is 19.1. The molecule has 0 aromatic heterocycles. The fraction of sp³-hybridized carbons (Fsp3) is 0.696. The van der Waals surface area contributed by atoms with E-state index in [0.717, 1.165) is 11.3 Å². The maximum Gasteiger partial charge on any atom is 0.311 e. The molecule has 0 amide bonds. The summed E-state index contributed by atoms with van der Waals surface area (Å²) in [5, 5.41) is 10.7. The van der Waals surface area contributed by atoms with Gasteiger partial charge in [-0.1, -0.05) is 12.1 Å². The highest BCUT2D eigenvalue weighted by Crippen LogP contribution is 2.39. The van der Waals surface area contributed by atoms with Crippen LogP contribution in [0.25, 0.3) is 0 Å². The van der Waals surface area contributed by atoms with Crippen molar-refractivity contribution in [3.63, 3.8) is 0 Å². The minimum absolute atomic E-state index is 0.0388. The molecular weight excluding hydrogens is 386 g/mol. The number of piperidine rings is 1. The van der Waals surface area contributed by atoms with Crippen molar-refractivity contribution in [1.82, 2.24) is 4.90 Å². The zero-order valence-corrected chi connectivity index (χ0v) is 19.1. The number of benzene rings is 1. The maximum absolute atomic E-state index is 12.9. The van der Waals surface area contributed by atoms with Gasteiger partial charge in [0.15, 0.2) is 0 Å². The smallest absolute Gasteiger partial charge is 0.311 e. The van der Waals surface area contributed by atoms with Gasteiger partial charge in [-0.3, -0.25) is 9.69 Å². The Morgan fingerprint density at radius 1 is 1.30 bits per heavy atom. The van der Waals surface area contributed by atoms with E-state index in [0.29, 0.717) is 32.8 Å². The molecule has 1 aromatic rings. The van der Waals surface area contributed by atoms with Gasteiger partial charge in [-0.05, 0) is 58.7 Å². The third kappa shape index (κ3) is 6.67. The topological polar surface area (TPSA) is 77.5 Å². The number of carbonyl (C=O) groups is 1. The molecule has 1 unspecified atom stereocenters. The predicted octanol–water partition coefficient (Wildman–Crippen LogP) is 3.16. The van der Waals surface area contributed by atoms with Crippen LogP contribution in [-0.2, 0) is 19.0 Å². The Morgan fingerprint density at radius 3 is 2.67 bits per heavy atom. The molecule has 0 bridgehead atoms. The Morgan fingerprint density at radius 2 is 2.03 bits per heavy atom. The lowest BCUT2D eigenvalue weighted by molar-refractivity contribution is -0.256. The second kappa shape index (κ2) is 11.1. The number of ether oxygens (including phenoxy) is 4. The summed E-state index contributed by atoms with van der Waals surface area (Å²) >= 11 is 0. The maximum atomic E-state index is 12.9. The van der Waals surface area contributed by atoms with Gasteiger partial charge in [0, 0.05) is 25.6 Å². The number of esters is 1. The van der Waals surface area contributed by atoms with Crippen LogP contribution in [0.5, 0.6) is 5.75 Å². The van der Waals surface area contributed by atoms with Crippen LogP contribution in [0.4, 0.5) is 0 Å². The number of aliphatic hydroxyl groups is 1. The Balaban J connectivity index is 2.25. The molecule has 1 aromatic carbocycles. The normalized spacial score (nSPS) is 23.8. The lowest BCUT2D eigenvalue weighted by Crippen LogP contribution is -2.55. The summed E-state index contributed by atoms with van der Waals surface area (Å²) in [5.74, 6) is 0.0287. The van der Waals surface area contributed by atoms with E-state index in [1.54, 1.807) is 14.0 Å². The van der Waals surface area contributed by atoms with E-state index < -0.39 is 17.9 Å². The number of likely N-dealkylation sites (tertiary alicyclic amines) is 1. The van der Waals surface area contributed by atoms with Crippen molar-refractivity contribution >= 4 is 5.97 Å². The van der Waals surface area contributed by atoms with Gasteiger partial charge in [0.1, 0.15) is 12.4 Å². The standard InChI is InChI=1S/C23H37NO6/c1-7-28-21(25)20-16(2)24(22(26)30-23(3,4)5)12-11-19(20)17-9-8-10-18(15-17)29-14-13-27-6/h8-10,15-16,19-20,22,26H,7,11-14H2,1-6H3/t16-,19+,20-,22?/m0/s1. The third-order valence-electron chi connectivity index (χ3n) is 5.32. The van der Waals surface area contributed by atoms with E-state index in [-0.39, 0.29) is 17.9 Å². The van der Waals surface area contributed by atoms with Gasteiger partial charge in [-0.2, -0.15) is 0 Å². The SMILES string of the molecule is CCOC(=O)[C@@H]1[C@@H](c2cccc(OCCOC)c2)CCN(C(O)OC(C)(C)C)[C@H]1C. The van der Waals surface area contributed by atoms with Crippen molar-refractivity contribution < 1.29 is 28.8 Å². The van der Waals surface area contributed by atoms with Gasteiger partial charge in [0.2, 0.25) is 6.41 Å². The molecule has 1 saturated heterocycles. The molecule has 0 radical (unpaired) electrons. The van der Waals surface area contributed by atoms with Crippen molar-refractivity contribution in [2.45, 2.75) is 65.0 Å². The molecule has 2 rings (SSSR count). The van der Waals surface area contributed by atoms with Gasteiger partial charge in [-0.25, -0.2) is 0 Å². The molecule has 7 nitrogen and oxygen atoms in total. The highest BCUT2D eigenvalue weighted by atomic mass is 16.6. The van der Waals surface area contributed by atoms with E-state index >= 15 is 0 Å². The quantitative estimate of drug-likeness (QED) is 0.371. The molecule has 7 heteroatoms. The summed E-state index contributed by atoms with van der Waals surface area (Å²) in [7, 11) is 1.64. The Hall–Kier alpha value is -1.67. The first-order valence-corrected chi connectivity index (χ1v) is 10.7. The molecule has 1 aliphatic heterocycles. The van der Waals surface area contributed by atoms with Crippen LogP contribution in [0.15, 0.2) is 24.3 Å². The molecule has 1 aliphatic rings.